The largest absolute Gasteiger partial charge is 0.496 e. The van der Waals surface area contributed by atoms with Crippen LogP contribution in [0, 0.1) is 5.82 Å². The van der Waals surface area contributed by atoms with Gasteiger partial charge in [0.2, 0.25) is 0 Å². The van der Waals surface area contributed by atoms with Gasteiger partial charge in [0.15, 0.2) is 11.3 Å². The number of ether oxygens (including phenoxy) is 1. The van der Waals surface area contributed by atoms with Crippen LogP contribution >= 0.6 is 0 Å². The molecule has 96 valence electrons. The molecule has 0 bridgehead atoms. The lowest BCUT2D eigenvalue weighted by molar-refractivity contribution is 0.403. The molecular formula is C13H11FN4O. The second kappa shape index (κ2) is 4.64. The molecule has 5 nitrogen and oxygen atoms in total. The number of fused-ring (bicyclic) bond motifs is 1. The summed E-state index contributed by atoms with van der Waals surface area (Å²) in [5, 5.41) is 0. The van der Waals surface area contributed by atoms with Gasteiger partial charge >= 0.3 is 0 Å². The Hall–Kier alpha value is -2.50. The first-order valence-corrected chi connectivity index (χ1v) is 5.73. The topological polar surface area (TPSA) is 52.8 Å². The number of benzene rings is 1. The van der Waals surface area contributed by atoms with Gasteiger partial charge in [-0.05, 0) is 12.1 Å². The quantitative estimate of drug-likeness (QED) is 0.721. The fourth-order valence-corrected chi connectivity index (χ4v) is 1.97. The van der Waals surface area contributed by atoms with Crippen molar-refractivity contribution >= 4 is 11.3 Å². The third-order valence-electron chi connectivity index (χ3n) is 2.88. The van der Waals surface area contributed by atoms with Gasteiger partial charge in [0, 0.05) is 18.0 Å². The van der Waals surface area contributed by atoms with Crippen molar-refractivity contribution < 1.29 is 9.13 Å². The molecule has 0 unspecified atom stereocenters. The number of nitrogens with zero attached hydrogens (tertiary/aromatic N) is 4. The van der Waals surface area contributed by atoms with Gasteiger partial charge in [0.05, 0.1) is 20.0 Å². The van der Waals surface area contributed by atoms with Gasteiger partial charge in [-0.1, -0.05) is 6.07 Å². The number of halogens is 1. The van der Waals surface area contributed by atoms with E-state index < -0.39 is 0 Å². The summed E-state index contributed by atoms with van der Waals surface area (Å²) in [6.45, 7) is 0.297. The fourth-order valence-electron chi connectivity index (χ4n) is 1.97. The number of hydrogen-bond acceptors (Lipinski definition) is 4. The van der Waals surface area contributed by atoms with Crippen LogP contribution in [0.3, 0.4) is 0 Å². The van der Waals surface area contributed by atoms with Crippen LogP contribution in [0.1, 0.15) is 5.56 Å². The first-order chi connectivity index (χ1) is 9.29. The van der Waals surface area contributed by atoms with E-state index in [4.69, 9.17) is 4.74 Å². The lowest BCUT2D eigenvalue weighted by atomic mass is 10.2. The molecule has 0 aliphatic heterocycles. The monoisotopic (exact) mass is 258 g/mol. The summed E-state index contributed by atoms with van der Waals surface area (Å²) in [7, 11) is 1.52. The number of hydrogen-bond donors (Lipinski definition) is 0. The molecule has 3 rings (SSSR count). The van der Waals surface area contributed by atoms with Crippen molar-refractivity contribution in [3.8, 4) is 5.75 Å². The second-order valence-electron chi connectivity index (χ2n) is 4.00. The molecule has 0 aliphatic rings. The standard InChI is InChI=1S/C13H11FN4O/c1-19-11-4-2-3-10(14)9(11)7-18-8-17-12-13(18)16-6-5-15-12/h2-6,8H,7H2,1H3. The van der Waals surface area contributed by atoms with Gasteiger partial charge in [-0.25, -0.2) is 19.3 Å². The highest BCUT2D eigenvalue weighted by molar-refractivity contribution is 5.64. The molecular weight excluding hydrogens is 247 g/mol. The molecule has 0 saturated carbocycles. The zero-order valence-electron chi connectivity index (χ0n) is 10.2. The Morgan fingerprint density at radius 1 is 1.21 bits per heavy atom. The van der Waals surface area contributed by atoms with Crippen LogP contribution in [0.5, 0.6) is 5.75 Å². The van der Waals surface area contributed by atoms with Gasteiger partial charge in [-0.15, -0.1) is 0 Å². The molecule has 0 saturated heterocycles. The van der Waals surface area contributed by atoms with E-state index in [1.807, 2.05) is 0 Å². The molecule has 0 radical (unpaired) electrons. The van der Waals surface area contributed by atoms with E-state index in [1.54, 1.807) is 35.4 Å². The minimum atomic E-state index is -0.315. The van der Waals surface area contributed by atoms with Crippen LogP contribution in [-0.4, -0.2) is 26.6 Å². The first kappa shape index (κ1) is 11.6. The summed E-state index contributed by atoms with van der Waals surface area (Å²) in [5.41, 5.74) is 1.63. The van der Waals surface area contributed by atoms with Crippen LogP contribution in [0.4, 0.5) is 4.39 Å². The average molecular weight is 258 g/mol. The lowest BCUT2D eigenvalue weighted by Gasteiger charge is -2.10. The molecule has 2 heterocycles. The van der Waals surface area contributed by atoms with Crippen LogP contribution in [0.25, 0.3) is 11.3 Å². The minimum absolute atomic E-state index is 0.297. The van der Waals surface area contributed by atoms with E-state index in [0.717, 1.165) is 0 Å². The maximum absolute atomic E-state index is 13.9. The third kappa shape index (κ3) is 2.01. The highest BCUT2D eigenvalue weighted by Crippen LogP contribution is 2.23. The Morgan fingerprint density at radius 3 is 2.89 bits per heavy atom. The van der Waals surface area contributed by atoms with Crippen LogP contribution < -0.4 is 4.74 Å². The Balaban J connectivity index is 2.06. The summed E-state index contributed by atoms with van der Waals surface area (Å²) >= 11 is 0. The molecule has 0 atom stereocenters. The van der Waals surface area contributed by atoms with Crippen molar-refractivity contribution in [2.75, 3.05) is 7.11 Å². The van der Waals surface area contributed by atoms with Crippen LogP contribution in [-0.2, 0) is 6.54 Å². The van der Waals surface area contributed by atoms with E-state index in [0.29, 0.717) is 29.2 Å². The summed E-state index contributed by atoms with van der Waals surface area (Å²) in [6.07, 6.45) is 4.75. The predicted octanol–water partition coefficient (Wildman–Crippen LogP) is 2.02. The zero-order chi connectivity index (χ0) is 13.2. The number of aromatic nitrogens is 4. The Bertz CT molecular complexity index is 725. The highest BCUT2D eigenvalue weighted by atomic mass is 19.1. The van der Waals surface area contributed by atoms with Crippen molar-refractivity contribution in [3.63, 3.8) is 0 Å². The Kier molecular flexibility index (Phi) is 2.83. The molecule has 1 aromatic carbocycles. The van der Waals surface area contributed by atoms with Crippen molar-refractivity contribution in [1.82, 2.24) is 19.5 Å². The molecule has 6 heteroatoms. The maximum Gasteiger partial charge on any atom is 0.197 e. The molecule has 0 N–H and O–H groups in total. The fraction of sp³-hybridized carbons (Fsp3) is 0.154. The molecule has 3 aromatic rings. The maximum atomic E-state index is 13.9. The first-order valence-electron chi connectivity index (χ1n) is 5.73. The average Bonchev–Trinajstić information content (AvgIpc) is 2.84. The van der Waals surface area contributed by atoms with E-state index in [1.165, 1.54) is 13.2 Å². The molecule has 2 aromatic heterocycles. The normalized spacial score (nSPS) is 10.8. The minimum Gasteiger partial charge on any atom is -0.496 e. The van der Waals surface area contributed by atoms with Crippen LogP contribution in [0.2, 0.25) is 0 Å². The highest BCUT2D eigenvalue weighted by Gasteiger charge is 2.12. The second-order valence-corrected chi connectivity index (χ2v) is 4.00. The van der Waals surface area contributed by atoms with Gasteiger partial charge in [0.25, 0.3) is 0 Å². The summed E-state index contributed by atoms with van der Waals surface area (Å²) < 4.78 is 20.8. The predicted molar refractivity (Wildman–Crippen MR) is 67.4 cm³/mol. The van der Waals surface area contributed by atoms with Crippen molar-refractivity contribution in [1.29, 1.82) is 0 Å². The summed E-state index contributed by atoms with van der Waals surface area (Å²) in [4.78, 5) is 12.4. The number of rotatable bonds is 3. The summed E-state index contributed by atoms with van der Waals surface area (Å²) in [6, 6.07) is 4.75. The van der Waals surface area contributed by atoms with E-state index in [9.17, 15) is 4.39 Å². The lowest BCUT2D eigenvalue weighted by Crippen LogP contribution is -2.04. The van der Waals surface area contributed by atoms with Crippen molar-refractivity contribution in [2.45, 2.75) is 6.54 Å². The van der Waals surface area contributed by atoms with Gasteiger partial charge < -0.3 is 9.30 Å². The third-order valence-corrected chi connectivity index (χ3v) is 2.88. The smallest absolute Gasteiger partial charge is 0.197 e. The molecule has 0 fully saturated rings. The van der Waals surface area contributed by atoms with Crippen LogP contribution in [0.15, 0.2) is 36.9 Å². The number of methoxy groups -OCH3 is 1. The number of imidazole rings is 1. The summed E-state index contributed by atoms with van der Waals surface area (Å²) in [5.74, 6) is 0.191. The van der Waals surface area contributed by atoms with Gasteiger partial charge in [-0.2, -0.15) is 0 Å². The van der Waals surface area contributed by atoms with Crippen molar-refractivity contribution in [2.24, 2.45) is 0 Å². The van der Waals surface area contributed by atoms with E-state index in [2.05, 4.69) is 15.0 Å². The Labute approximate surface area is 108 Å². The molecule has 0 aliphatic carbocycles. The van der Waals surface area contributed by atoms with Gasteiger partial charge in [0.1, 0.15) is 11.6 Å². The SMILES string of the molecule is COc1cccc(F)c1Cn1cnc2nccnc21. The van der Waals surface area contributed by atoms with E-state index in [-0.39, 0.29) is 5.82 Å². The molecule has 0 spiro atoms. The van der Waals surface area contributed by atoms with Gasteiger partial charge in [-0.3, -0.25) is 0 Å². The van der Waals surface area contributed by atoms with Crippen molar-refractivity contribution in [3.05, 3.63) is 48.3 Å². The Morgan fingerprint density at radius 2 is 2.05 bits per heavy atom. The van der Waals surface area contributed by atoms with E-state index >= 15 is 0 Å². The zero-order valence-corrected chi connectivity index (χ0v) is 10.2. The molecule has 19 heavy (non-hydrogen) atoms. The molecule has 0 amide bonds.